The lowest BCUT2D eigenvalue weighted by Crippen LogP contribution is -2.48. The van der Waals surface area contributed by atoms with Crippen LogP contribution in [0.5, 0.6) is 0 Å². The van der Waals surface area contributed by atoms with Crippen molar-refractivity contribution in [1.29, 1.82) is 0 Å². The number of unbranched alkanes of at least 4 members (excludes halogenated alkanes) is 7. The van der Waals surface area contributed by atoms with Crippen molar-refractivity contribution in [1.82, 2.24) is 0 Å². The van der Waals surface area contributed by atoms with Crippen LogP contribution in [0.25, 0.3) is 0 Å². The molecule has 182 valence electrons. The second-order valence-electron chi connectivity index (χ2n) is 7.46. The van der Waals surface area contributed by atoms with Crippen molar-refractivity contribution in [2.75, 3.05) is 6.61 Å². The summed E-state index contributed by atoms with van der Waals surface area (Å²) in [5.41, 5.74) is 0. The van der Waals surface area contributed by atoms with Gasteiger partial charge in [0.1, 0.15) is 0 Å². The molecule has 0 aliphatic heterocycles. The molecule has 0 aromatic heterocycles. The van der Waals surface area contributed by atoms with Crippen LogP contribution < -0.4 is 0 Å². The van der Waals surface area contributed by atoms with Gasteiger partial charge in [-0.1, -0.05) is 72.1 Å². The maximum Gasteiger partial charge on any atom is 0.419 e. The molecule has 30 heavy (non-hydrogen) atoms. The molecule has 0 heterocycles. The van der Waals surface area contributed by atoms with Crippen molar-refractivity contribution in [3.05, 3.63) is 0 Å². The first-order chi connectivity index (χ1) is 13.8. The van der Waals surface area contributed by atoms with Gasteiger partial charge in [0, 0.05) is 12.8 Å². The Morgan fingerprint density at radius 1 is 0.600 bits per heavy atom. The van der Waals surface area contributed by atoms with Crippen LogP contribution in [0.15, 0.2) is 0 Å². The molecule has 0 spiro atoms. The van der Waals surface area contributed by atoms with Crippen LogP contribution >= 0.6 is 0 Å². The Bertz CT molecular complexity index is 458. The molecule has 0 saturated heterocycles. The van der Waals surface area contributed by atoms with Gasteiger partial charge in [-0.25, -0.2) is 0 Å². The second-order valence-corrected chi connectivity index (χ2v) is 7.46. The molecule has 0 aliphatic carbocycles. The highest BCUT2D eigenvalue weighted by Gasteiger charge is 2.59. The van der Waals surface area contributed by atoms with Gasteiger partial charge in [-0.05, 0) is 6.42 Å². The summed E-state index contributed by atoms with van der Waals surface area (Å²) in [6, 6.07) is 0. The minimum atomic E-state index is -4.93. The first-order valence-corrected chi connectivity index (χ1v) is 10.6. The van der Waals surface area contributed by atoms with E-state index in [4.69, 9.17) is 0 Å². The summed E-state index contributed by atoms with van der Waals surface area (Å²) >= 11 is 0. The predicted molar refractivity (Wildman–Crippen MR) is 98.4 cm³/mol. The minimum absolute atomic E-state index is 0.228. The Hall–Kier alpha value is -0.640. The minimum Gasteiger partial charge on any atom is -0.313 e. The van der Waals surface area contributed by atoms with Crippen LogP contribution in [-0.2, 0) is 9.47 Å². The third-order valence-electron chi connectivity index (χ3n) is 4.88. The van der Waals surface area contributed by atoms with Gasteiger partial charge < -0.3 is 9.47 Å². The SMILES string of the molecule is CCCCCCCCCCC(COC(F)(F)C(F)(F)CC)OC(F)(F)C(F)(F)CC. The molecular weight excluding hydrogens is 424 g/mol. The van der Waals surface area contributed by atoms with Crippen LogP contribution in [-0.4, -0.2) is 36.8 Å². The zero-order valence-corrected chi connectivity index (χ0v) is 17.9. The fraction of sp³-hybridized carbons (Fsp3) is 1.00. The molecule has 0 aromatic rings. The van der Waals surface area contributed by atoms with E-state index in [1.807, 2.05) is 0 Å². The molecule has 0 radical (unpaired) electrons. The van der Waals surface area contributed by atoms with Gasteiger partial charge in [0.25, 0.3) is 0 Å². The summed E-state index contributed by atoms with van der Waals surface area (Å²) in [7, 11) is 0. The van der Waals surface area contributed by atoms with E-state index in [1.165, 1.54) is 0 Å². The number of ether oxygens (including phenoxy) is 2. The molecule has 0 amide bonds. The van der Waals surface area contributed by atoms with Crippen LogP contribution in [0, 0.1) is 0 Å². The summed E-state index contributed by atoms with van der Waals surface area (Å²) in [6.45, 7) is 2.34. The average molecular weight is 458 g/mol. The van der Waals surface area contributed by atoms with Crippen molar-refractivity contribution in [3.63, 3.8) is 0 Å². The highest BCUT2D eigenvalue weighted by Crippen LogP contribution is 2.41. The molecule has 0 aromatic carbocycles. The van der Waals surface area contributed by atoms with Gasteiger partial charge >= 0.3 is 24.1 Å². The standard InChI is InChI=1S/C20H34F8O2/c1-4-7-8-9-10-11-12-13-14-16(30-20(27,28)18(23,24)6-3)15-29-19(25,26)17(21,22)5-2/h16H,4-15H2,1-3H3. The van der Waals surface area contributed by atoms with Crippen LogP contribution in [0.2, 0.25) is 0 Å². The molecule has 10 heteroatoms. The fourth-order valence-corrected chi connectivity index (χ4v) is 2.69. The first kappa shape index (κ1) is 29.4. The molecule has 0 fully saturated rings. The lowest BCUT2D eigenvalue weighted by molar-refractivity contribution is -0.385. The lowest BCUT2D eigenvalue weighted by Gasteiger charge is -2.31. The molecule has 0 saturated carbocycles. The van der Waals surface area contributed by atoms with Crippen LogP contribution in [0.4, 0.5) is 35.1 Å². The monoisotopic (exact) mass is 458 g/mol. The number of rotatable bonds is 18. The van der Waals surface area contributed by atoms with E-state index in [0.29, 0.717) is 6.42 Å². The van der Waals surface area contributed by atoms with E-state index in [2.05, 4.69) is 16.4 Å². The Morgan fingerprint density at radius 3 is 1.50 bits per heavy atom. The normalized spacial score (nSPS) is 14.9. The van der Waals surface area contributed by atoms with E-state index in [0.717, 1.165) is 52.4 Å². The van der Waals surface area contributed by atoms with Crippen molar-refractivity contribution >= 4 is 0 Å². The fourth-order valence-electron chi connectivity index (χ4n) is 2.69. The molecule has 0 rings (SSSR count). The van der Waals surface area contributed by atoms with Crippen molar-refractivity contribution in [3.8, 4) is 0 Å². The first-order valence-electron chi connectivity index (χ1n) is 10.6. The summed E-state index contributed by atoms with van der Waals surface area (Å²) in [5, 5.41) is 0. The van der Waals surface area contributed by atoms with E-state index in [-0.39, 0.29) is 12.8 Å². The Kier molecular flexibility index (Phi) is 12.8. The van der Waals surface area contributed by atoms with Gasteiger partial charge in [0.05, 0.1) is 12.7 Å². The van der Waals surface area contributed by atoms with Gasteiger partial charge in [0.2, 0.25) is 0 Å². The second kappa shape index (κ2) is 13.0. The van der Waals surface area contributed by atoms with Crippen molar-refractivity contribution in [2.45, 2.75) is 122 Å². The van der Waals surface area contributed by atoms with Crippen LogP contribution in [0.3, 0.4) is 0 Å². The zero-order chi connectivity index (χ0) is 23.5. The molecule has 0 bridgehead atoms. The number of hydrogen-bond acceptors (Lipinski definition) is 2. The van der Waals surface area contributed by atoms with Gasteiger partial charge in [-0.15, -0.1) is 0 Å². The largest absolute Gasteiger partial charge is 0.419 e. The highest BCUT2D eigenvalue weighted by atomic mass is 19.3. The number of alkyl halides is 8. The maximum atomic E-state index is 13.8. The third kappa shape index (κ3) is 9.66. The van der Waals surface area contributed by atoms with Gasteiger partial charge in [-0.3, -0.25) is 0 Å². The van der Waals surface area contributed by atoms with Crippen molar-refractivity contribution < 1.29 is 44.6 Å². The molecular formula is C20H34F8O2. The molecule has 1 atom stereocenters. The summed E-state index contributed by atoms with van der Waals surface area (Å²) in [4.78, 5) is 0. The Balaban J connectivity index is 4.86. The summed E-state index contributed by atoms with van der Waals surface area (Å²) in [6.07, 6.45) is -7.85. The van der Waals surface area contributed by atoms with Crippen LogP contribution in [0.1, 0.15) is 91.4 Å². The van der Waals surface area contributed by atoms with Crippen molar-refractivity contribution in [2.24, 2.45) is 0 Å². The molecule has 0 aliphatic rings. The van der Waals surface area contributed by atoms with Gasteiger partial charge in [-0.2, -0.15) is 35.1 Å². The summed E-state index contributed by atoms with van der Waals surface area (Å²) in [5.74, 6) is -9.05. The molecule has 1 unspecified atom stereocenters. The van der Waals surface area contributed by atoms with E-state index >= 15 is 0 Å². The molecule has 2 nitrogen and oxygen atoms in total. The highest BCUT2D eigenvalue weighted by molar-refractivity contribution is 4.79. The quantitative estimate of drug-likeness (QED) is 0.152. The lowest BCUT2D eigenvalue weighted by atomic mass is 10.1. The van der Waals surface area contributed by atoms with Gasteiger partial charge in [0.15, 0.2) is 0 Å². The Morgan fingerprint density at radius 2 is 1.03 bits per heavy atom. The topological polar surface area (TPSA) is 18.5 Å². The zero-order valence-electron chi connectivity index (χ0n) is 17.9. The van der Waals surface area contributed by atoms with E-state index < -0.39 is 49.6 Å². The third-order valence-corrected chi connectivity index (χ3v) is 4.88. The average Bonchev–Trinajstić information content (AvgIpc) is 2.67. The smallest absolute Gasteiger partial charge is 0.313 e. The Labute approximate surface area is 173 Å². The maximum absolute atomic E-state index is 13.8. The molecule has 0 N–H and O–H groups in total. The summed E-state index contributed by atoms with van der Waals surface area (Å²) < 4.78 is 116. The number of halogens is 8. The number of hydrogen-bond donors (Lipinski definition) is 0. The predicted octanol–water partition coefficient (Wildman–Crippen LogP) is 8.20. The van der Waals surface area contributed by atoms with E-state index in [9.17, 15) is 35.1 Å². The van der Waals surface area contributed by atoms with E-state index in [1.54, 1.807) is 0 Å².